The monoisotopic (exact) mass is 343 g/mol. The molecule has 2 N–H and O–H groups in total. The molecule has 6 heteroatoms. The highest BCUT2D eigenvalue weighted by molar-refractivity contribution is 7.13. The van der Waals surface area contributed by atoms with Crippen LogP contribution in [0.5, 0.6) is 0 Å². The largest absolute Gasteiger partial charge is 0.349 e. The van der Waals surface area contributed by atoms with Crippen LogP contribution in [-0.4, -0.2) is 22.8 Å². The lowest BCUT2D eigenvalue weighted by Gasteiger charge is -2.13. The molecule has 0 unspecified atom stereocenters. The summed E-state index contributed by atoms with van der Waals surface area (Å²) in [4.78, 5) is 29.4. The molecule has 1 fully saturated rings. The second-order valence-electron chi connectivity index (χ2n) is 7.06. The second-order valence-corrected chi connectivity index (χ2v) is 8.09. The van der Waals surface area contributed by atoms with Gasteiger partial charge >= 0.3 is 0 Å². The van der Waals surface area contributed by atoms with Crippen molar-refractivity contribution in [2.75, 3.05) is 5.32 Å². The summed E-state index contributed by atoms with van der Waals surface area (Å²) >= 11 is 1.39. The van der Waals surface area contributed by atoms with Crippen LogP contribution in [0, 0.1) is 0 Å². The number of carbonyl (C=O) groups excluding carboxylic acids is 2. The predicted octanol–water partition coefficient (Wildman–Crippen LogP) is 3.59. The summed E-state index contributed by atoms with van der Waals surface area (Å²) in [7, 11) is 0. The van der Waals surface area contributed by atoms with E-state index in [1.807, 2.05) is 0 Å². The summed E-state index contributed by atoms with van der Waals surface area (Å²) in [5, 5.41) is 6.70. The molecule has 5 nitrogen and oxygen atoms in total. The van der Waals surface area contributed by atoms with E-state index in [9.17, 15) is 9.59 Å². The average molecular weight is 343 g/mol. The van der Waals surface area contributed by atoms with Crippen molar-refractivity contribution in [1.82, 2.24) is 10.3 Å². The van der Waals surface area contributed by atoms with Crippen molar-refractivity contribution in [3.63, 3.8) is 0 Å². The first-order valence-electron chi connectivity index (χ1n) is 8.01. The topological polar surface area (TPSA) is 71.1 Å². The van der Waals surface area contributed by atoms with Gasteiger partial charge < -0.3 is 10.6 Å². The molecule has 2 aromatic rings. The van der Waals surface area contributed by atoms with E-state index in [1.54, 1.807) is 30.5 Å². The van der Waals surface area contributed by atoms with Gasteiger partial charge in [-0.15, -0.1) is 11.3 Å². The summed E-state index contributed by atoms with van der Waals surface area (Å²) in [6.45, 7) is 6.19. The highest BCUT2D eigenvalue weighted by atomic mass is 32.1. The number of rotatable bonds is 4. The fourth-order valence-corrected chi connectivity index (χ4v) is 3.02. The number of hydrogen-bond donors (Lipinski definition) is 2. The normalized spacial score (nSPS) is 14.3. The zero-order valence-corrected chi connectivity index (χ0v) is 14.9. The second kappa shape index (κ2) is 6.36. The van der Waals surface area contributed by atoms with E-state index in [2.05, 4.69) is 36.4 Å². The molecule has 0 bridgehead atoms. The fourth-order valence-electron chi connectivity index (χ4n) is 2.15. The van der Waals surface area contributed by atoms with E-state index >= 15 is 0 Å². The fraction of sp³-hybridized carbons (Fsp3) is 0.389. The third-order valence-corrected chi connectivity index (χ3v) is 5.09. The molecule has 24 heavy (non-hydrogen) atoms. The molecule has 1 aliphatic rings. The average Bonchev–Trinajstić information content (AvgIpc) is 3.17. The SMILES string of the molecule is CC(C)(C)c1ncc(C(=O)Nc2cccc(C(=O)NC3CC3)c2)s1. The first-order valence-corrected chi connectivity index (χ1v) is 8.83. The smallest absolute Gasteiger partial charge is 0.267 e. The molecule has 1 aromatic carbocycles. The first kappa shape index (κ1) is 16.6. The van der Waals surface area contributed by atoms with Gasteiger partial charge in [0.05, 0.1) is 11.2 Å². The minimum absolute atomic E-state index is 0.0794. The number of amides is 2. The quantitative estimate of drug-likeness (QED) is 0.891. The molecule has 0 atom stereocenters. The summed E-state index contributed by atoms with van der Waals surface area (Å²) in [6.07, 6.45) is 3.69. The van der Waals surface area contributed by atoms with Gasteiger partial charge in [-0.05, 0) is 31.0 Å². The first-order chi connectivity index (χ1) is 11.3. The van der Waals surface area contributed by atoms with E-state index in [-0.39, 0.29) is 17.2 Å². The Morgan fingerprint density at radius 3 is 2.58 bits per heavy atom. The lowest BCUT2D eigenvalue weighted by atomic mass is 9.98. The van der Waals surface area contributed by atoms with Gasteiger partial charge in [0.1, 0.15) is 4.88 Å². The van der Waals surface area contributed by atoms with Crippen LogP contribution in [0.25, 0.3) is 0 Å². The summed E-state index contributed by atoms with van der Waals surface area (Å²) in [6, 6.07) is 7.30. The van der Waals surface area contributed by atoms with Crippen molar-refractivity contribution >= 4 is 28.8 Å². The molecule has 1 heterocycles. The lowest BCUT2D eigenvalue weighted by Crippen LogP contribution is -2.25. The highest BCUT2D eigenvalue weighted by Crippen LogP contribution is 2.27. The Morgan fingerprint density at radius 1 is 1.21 bits per heavy atom. The number of anilines is 1. The van der Waals surface area contributed by atoms with Gasteiger partial charge in [0.2, 0.25) is 0 Å². The van der Waals surface area contributed by atoms with Crippen molar-refractivity contribution in [2.45, 2.75) is 45.1 Å². The van der Waals surface area contributed by atoms with Gasteiger partial charge in [-0.25, -0.2) is 4.98 Å². The highest BCUT2D eigenvalue weighted by Gasteiger charge is 2.24. The maximum absolute atomic E-state index is 12.4. The number of hydrogen-bond acceptors (Lipinski definition) is 4. The van der Waals surface area contributed by atoms with Crippen LogP contribution in [0.4, 0.5) is 5.69 Å². The zero-order chi connectivity index (χ0) is 17.3. The van der Waals surface area contributed by atoms with E-state index in [1.165, 1.54) is 11.3 Å². The van der Waals surface area contributed by atoms with Gasteiger partial charge in [-0.3, -0.25) is 9.59 Å². The Bertz CT molecular complexity index is 773. The predicted molar refractivity (Wildman–Crippen MR) is 95.7 cm³/mol. The molecular weight excluding hydrogens is 322 g/mol. The molecule has 1 aliphatic carbocycles. The minimum atomic E-state index is -0.206. The molecule has 1 aromatic heterocycles. The molecule has 0 aliphatic heterocycles. The Labute approximate surface area is 145 Å². The van der Waals surface area contributed by atoms with E-state index < -0.39 is 0 Å². The van der Waals surface area contributed by atoms with Crippen LogP contribution >= 0.6 is 11.3 Å². The van der Waals surface area contributed by atoms with E-state index in [0.717, 1.165) is 17.8 Å². The molecule has 3 rings (SSSR count). The van der Waals surface area contributed by atoms with Crippen LogP contribution in [0.3, 0.4) is 0 Å². The minimum Gasteiger partial charge on any atom is -0.349 e. The maximum Gasteiger partial charge on any atom is 0.267 e. The summed E-state index contributed by atoms with van der Waals surface area (Å²) in [5.74, 6) is -0.302. The Morgan fingerprint density at radius 2 is 1.96 bits per heavy atom. The Balaban J connectivity index is 1.70. The number of carbonyl (C=O) groups is 2. The van der Waals surface area contributed by atoms with Crippen molar-refractivity contribution < 1.29 is 9.59 Å². The van der Waals surface area contributed by atoms with Crippen molar-refractivity contribution in [3.05, 3.63) is 45.9 Å². The van der Waals surface area contributed by atoms with Crippen molar-refractivity contribution in [2.24, 2.45) is 0 Å². The van der Waals surface area contributed by atoms with Crippen LogP contribution in [0.1, 0.15) is 58.7 Å². The molecular formula is C18H21N3O2S. The van der Waals surface area contributed by atoms with Crippen LogP contribution < -0.4 is 10.6 Å². The van der Waals surface area contributed by atoms with Crippen LogP contribution in [0.15, 0.2) is 30.5 Å². The van der Waals surface area contributed by atoms with Gasteiger partial charge in [0, 0.05) is 22.7 Å². The number of nitrogens with zero attached hydrogens (tertiary/aromatic N) is 1. The summed E-state index contributed by atoms with van der Waals surface area (Å²) in [5.41, 5.74) is 1.08. The van der Waals surface area contributed by atoms with E-state index in [0.29, 0.717) is 22.2 Å². The summed E-state index contributed by atoms with van der Waals surface area (Å²) < 4.78 is 0. The number of aromatic nitrogens is 1. The van der Waals surface area contributed by atoms with E-state index in [4.69, 9.17) is 0 Å². The number of benzene rings is 1. The molecule has 126 valence electrons. The lowest BCUT2D eigenvalue weighted by molar-refractivity contribution is 0.0949. The third kappa shape index (κ3) is 4.00. The van der Waals surface area contributed by atoms with Crippen LogP contribution in [-0.2, 0) is 5.41 Å². The molecule has 0 spiro atoms. The van der Waals surface area contributed by atoms with Crippen molar-refractivity contribution in [1.29, 1.82) is 0 Å². The number of nitrogens with one attached hydrogen (secondary N) is 2. The molecule has 0 saturated heterocycles. The van der Waals surface area contributed by atoms with Gasteiger partial charge in [-0.1, -0.05) is 26.8 Å². The van der Waals surface area contributed by atoms with Crippen LogP contribution in [0.2, 0.25) is 0 Å². The van der Waals surface area contributed by atoms with Gasteiger partial charge in [-0.2, -0.15) is 0 Å². The molecule has 2 amide bonds. The Hall–Kier alpha value is -2.21. The molecule has 1 saturated carbocycles. The zero-order valence-electron chi connectivity index (χ0n) is 14.1. The number of thiazole rings is 1. The Kier molecular flexibility index (Phi) is 4.41. The third-order valence-electron chi connectivity index (χ3n) is 3.67. The standard InChI is InChI=1S/C18H21N3O2S/c1-18(2,3)17-19-10-14(24-17)16(23)21-13-6-4-5-11(9-13)15(22)20-12-7-8-12/h4-6,9-10,12H,7-8H2,1-3H3,(H,20,22)(H,21,23). The maximum atomic E-state index is 12.4. The molecule has 0 radical (unpaired) electrons. The van der Waals surface area contributed by atoms with Gasteiger partial charge in [0.25, 0.3) is 11.8 Å². The van der Waals surface area contributed by atoms with Crippen molar-refractivity contribution in [3.8, 4) is 0 Å². The van der Waals surface area contributed by atoms with Gasteiger partial charge in [0.15, 0.2) is 0 Å².